The highest BCUT2D eigenvalue weighted by molar-refractivity contribution is 9.10. The lowest BCUT2D eigenvalue weighted by atomic mass is 10.1. The fraction of sp³-hybridized carbons (Fsp3) is 0.200. The Bertz CT molecular complexity index is 739. The van der Waals surface area contributed by atoms with Crippen LogP contribution in [0.25, 0.3) is 11.5 Å². The van der Waals surface area contributed by atoms with Crippen LogP contribution in [0.2, 0.25) is 0 Å². The van der Waals surface area contributed by atoms with Gasteiger partial charge in [0.15, 0.2) is 0 Å². The number of nitrogens with one attached hydrogen (secondary N) is 1. The largest absolute Gasteiger partial charge is 0.423 e. The van der Waals surface area contributed by atoms with Crippen LogP contribution in [-0.4, -0.2) is 10.2 Å². The van der Waals surface area contributed by atoms with Gasteiger partial charge in [-0.2, -0.15) is 0 Å². The van der Waals surface area contributed by atoms with Crippen molar-refractivity contribution in [1.82, 2.24) is 10.2 Å². The fourth-order valence-corrected chi connectivity index (χ4v) is 3.90. The molecule has 1 aromatic carbocycles. The predicted molar refractivity (Wildman–Crippen MR) is 88.5 cm³/mol. The minimum absolute atomic E-state index is 0.243. The van der Waals surface area contributed by atoms with Crippen LogP contribution in [-0.2, 0) is 0 Å². The van der Waals surface area contributed by atoms with Crippen molar-refractivity contribution in [2.75, 3.05) is 5.32 Å². The second-order valence-corrected chi connectivity index (χ2v) is 6.57. The van der Waals surface area contributed by atoms with Crippen molar-refractivity contribution in [3.05, 3.63) is 51.0 Å². The van der Waals surface area contributed by atoms with Crippen molar-refractivity contribution in [2.45, 2.75) is 19.9 Å². The van der Waals surface area contributed by atoms with Crippen molar-refractivity contribution in [2.24, 2.45) is 0 Å². The number of aryl methyl sites for hydroxylation is 1. The molecule has 0 aliphatic carbocycles. The maximum atomic E-state index is 5.22. The average Bonchev–Trinajstić information content (AvgIpc) is 3.12. The van der Waals surface area contributed by atoms with Crippen LogP contribution in [0.5, 0.6) is 0 Å². The maximum Gasteiger partial charge on any atom is 0.247 e. The highest BCUT2D eigenvalue weighted by Crippen LogP contribution is 2.32. The van der Waals surface area contributed by atoms with E-state index >= 15 is 0 Å². The lowest BCUT2D eigenvalue weighted by Crippen LogP contribution is -2.06. The summed E-state index contributed by atoms with van der Waals surface area (Å²) >= 11 is 5.32. The minimum Gasteiger partial charge on any atom is -0.423 e. The number of thiophene rings is 1. The van der Waals surface area contributed by atoms with Crippen LogP contribution in [0.1, 0.15) is 23.4 Å². The highest BCUT2D eigenvalue weighted by Gasteiger charge is 2.12. The van der Waals surface area contributed by atoms with Gasteiger partial charge >= 0.3 is 0 Å². The standard InChI is InChI=1S/C15H14BrN3OS/c1-9-7-11(15-19-17-8-20-15)3-4-13(9)18-10(2)14-12(16)5-6-21-14/h3-8,10,18H,1-2H3. The van der Waals surface area contributed by atoms with E-state index in [1.54, 1.807) is 11.3 Å². The van der Waals surface area contributed by atoms with Crippen LogP contribution in [0.3, 0.4) is 0 Å². The number of halogens is 1. The van der Waals surface area contributed by atoms with Gasteiger partial charge in [-0.05, 0) is 65.0 Å². The molecule has 0 saturated carbocycles. The molecule has 0 radical (unpaired) electrons. The van der Waals surface area contributed by atoms with E-state index in [9.17, 15) is 0 Å². The Balaban J connectivity index is 1.82. The Labute approximate surface area is 135 Å². The first-order valence-corrected chi connectivity index (χ1v) is 8.19. The van der Waals surface area contributed by atoms with Gasteiger partial charge in [-0.1, -0.05) is 0 Å². The molecule has 0 aliphatic heterocycles. The number of hydrogen-bond acceptors (Lipinski definition) is 5. The quantitative estimate of drug-likeness (QED) is 0.705. The van der Waals surface area contributed by atoms with E-state index in [2.05, 4.69) is 56.7 Å². The molecule has 3 aromatic rings. The van der Waals surface area contributed by atoms with Gasteiger partial charge in [0.2, 0.25) is 12.3 Å². The minimum atomic E-state index is 0.243. The summed E-state index contributed by atoms with van der Waals surface area (Å²) < 4.78 is 6.37. The Kier molecular flexibility index (Phi) is 4.07. The van der Waals surface area contributed by atoms with Gasteiger partial charge in [-0.15, -0.1) is 21.5 Å². The molecule has 0 fully saturated rings. The molecular formula is C15H14BrN3OS. The smallest absolute Gasteiger partial charge is 0.247 e. The number of hydrogen-bond donors (Lipinski definition) is 1. The molecule has 1 unspecified atom stereocenters. The van der Waals surface area contributed by atoms with E-state index < -0.39 is 0 Å². The number of aromatic nitrogens is 2. The van der Waals surface area contributed by atoms with Gasteiger partial charge < -0.3 is 9.73 Å². The predicted octanol–water partition coefficient (Wildman–Crippen LogP) is 5.04. The Morgan fingerprint density at radius 2 is 2.19 bits per heavy atom. The summed E-state index contributed by atoms with van der Waals surface area (Å²) in [6.07, 6.45) is 1.34. The SMILES string of the molecule is Cc1cc(-c2nnco2)ccc1NC(C)c1sccc1Br. The van der Waals surface area contributed by atoms with Crippen molar-refractivity contribution in [3.63, 3.8) is 0 Å². The van der Waals surface area contributed by atoms with Gasteiger partial charge in [0.25, 0.3) is 0 Å². The summed E-state index contributed by atoms with van der Waals surface area (Å²) in [4.78, 5) is 1.29. The third-order valence-corrected chi connectivity index (χ3v) is 5.30. The van der Waals surface area contributed by atoms with Gasteiger partial charge in [0.1, 0.15) is 0 Å². The lowest BCUT2D eigenvalue weighted by molar-refractivity contribution is 0.568. The summed E-state index contributed by atoms with van der Waals surface area (Å²) in [5.41, 5.74) is 3.18. The Hall–Kier alpha value is -1.66. The summed E-state index contributed by atoms with van der Waals surface area (Å²) in [6.45, 7) is 4.22. The second kappa shape index (κ2) is 5.99. The molecule has 0 saturated heterocycles. The number of anilines is 1. The number of benzene rings is 1. The van der Waals surface area contributed by atoms with Crippen LogP contribution in [0.4, 0.5) is 5.69 Å². The zero-order valence-electron chi connectivity index (χ0n) is 11.6. The van der Waals surface area contributed by atoms with E-state index in [1.165, 1.54) is 11.3 Å². The van der Waals surface area contributed by atoms with Gasteiger partial charge in [-0.25, -0.2) is 0 Å². The first-order valence-electron chi connectivity index (χ1n) is 6.52. The van der Waals surface area contributed by atoms with Crippen molar-refractivity contribution in [3.8, 4) is 11.5 Å². The van der Waals surface area contributed by atoms with Crippen molar-refractivity contribution < 1.29 is 4.42 Å². The molecular weight excluding hydrogens is 350 g/mol. The zero-order valence-corrected chi connectivity index (χ0v) is 14.0. The fourth-order valence-electron chi connectivity index (χ4n) is 2.17. The second-order valence-electron chi connectivity index (χ2n) is 4.77. The molecule has 3 rings (SSSR count). The third kappa shape index (κ3) is 3.01. The normalized spacial score (nSPS) is 12.3. The lowest BCUT2D eigenvalue weighted by Gasteiger charge is -2.17. The van der Waals surface area contributed by atoms with Crippen LogP contribution < -0.4 is 5.32 Å². The molecule has 21 heavy (non-hydrogen) atoms. The van der Waals surface area contributed by atoms with E-state index in [-0.39, 0.29) is 6.04 Å². The van der Waals surface area contributed by atoms with E-state index in [4.69, 9.17) is 4.42 Å². The zero-order chi connectivity index (χ0) is 14.8. The van der Waals surface area contributed by atoms with Crippen LogP contribution in [0, 0.1) is 6.92 Å². The van der Waals surface area contributed by atoms with Crippen LogP contribution in [0.15, 0.2) is 44.9 Å². The molecule has 0 bridgehead atoms. The van der Waals surface area contributed by atoms with E-state index in [0.29, 0.717) is 5.89 Å². The summed E-state index contributed by atoms with van der Waals surface area (Å²) in [6, 6.07) is 8.40. The molecule has 1 N–H and O–H groups in total. The van der Waals surface area contributed by atoms with Gasteiger partial charge in [0, 0.05) is 20.6 Å². The average molecular weight is 364 g/mol. The Morgan fingerprint density at radius 1 is 1.33 bits per heavy atom. The molecule has 0 amide bonds. The summed E-state index contributed by atoms with van der Waals surface area (Å²) in [5, 5.41) is 13.3. The van der Waals surface area contributed by atoms with Crippen molar-refractivity contribution >= 4 is 33.0 Å². The third-order valence-electron chi connectivity index (χ3n) is 3.24. The maximum absolute atomic E-state index is 5.22. The molecule has 1 atom stereocenters. The van der Waals surface area contributed by atoms with E-state index in [1.807, 2.05) is 18.2 Å². The molecule has 6 heteroatoms. The summed E-state index contributed by atoms with van der Waals surface area (Å²) in [7, 11) is 0. The molecule has 0 aliphatic rings. The first kappa shape index (κ1) is 14.3. The summed E-state index contributed by atoms with van der Waals surface area (Å²) in [5.74, 6) is 0.540. The highest BCUT2D eigenvalue weighted by atomic mass is 79.9. The topological polar surface area (TPSA) is 51.0 Å². The molecule has 2 heterocycles. The van der Waals surface area contributed by atoms with Gasteiger partial charge in [-0.3, -0.25) is 0 Å². The molecule has 108 valence electrons. The van der Waals surface area contributed by atoms with Crippen molar-refractivity contribution in [1.29, 1.82) is 0 Å². The number of nitrogens with zero attached hydrogens (tertiary/aromatic N) is 2. The number of rotatable bonds is 4. The van der Waals surface area contributed by atoms with E-state index in [0.717, 1.165) is 21.3 Å². The molecule has 2 aromatic heterocycles. The Morgan fingerprint density at radius 3 is 2.81 bits per heavy atom. The monoisotopic (exact) mass is 363 g/mol. The first-order chi connectivity index (χ1) is 10.1. The molecule has 4 nitrogen and oxygen atoms in total. The van der Waals surface area contributed by atoms with Crippen LogP contribution >= 0.6 is 27.3 Å². The van der Waals surface area contributed by atoms with Gasteiger partial charge in [0.05, 0.1) is 6.04 Å². The molecule has 0 spiro atoms.